The van der Waals surface area contributed by atoms with Gasteiger partial charge in [-0.1, -0.05) is 18.2 Å². The first kappa shape index (κ1) is 13.7. The molecule has 0 bridgehead atoms. The van der Waals surface area contributed by atoms with Crippen molar-refractivity contribution < 1.29 is 9.53 Å². The van der Waals surface area contributed by atoms with Crippen LogP contribution in [0.5, 0.6) is 5.75 Å². The van der Waals surface area contributed by atoms with Gasteiger partial charge in [0.2, 0.25) is 0 Å². The number of nitrogen functional groups attached to an aromatic ring is 1. The van der Waals surface area contributed by atoms with Crippen molar-refractivity contribution in [1.29, 1.82) is 0 Å². The van der Waals surface area contributed by atoms with Crippen LogP contribution in [0.2, 0.25) is 0 Å². The van der Waals surface area contributed by atoms with Gasteiger partial charge in [-0.2, -0.15) is 0 Å². The zero-order valence-electron chi connectivity index (χ0n) is 11.2. The largest absolute Gasteiger partial charge is 0.497 e. The molecule has 0 radical (unpaired) electrons. The second-order valence-corrected chi connectivity index (χ2v) is 4.34. The number of rotatable bonds is 5. The van der Waals surface area contributed by atoms with Crippen LogP contribution in [0.25, 0.3) is 0 Å². The highest BCUT2D eigenvalue weighted by Gasteiger charge is 2.10. The normalized spacial score (nSPS) is 10.1. The first-order valence-corrected chi connectivity index (χ1v) is 6.17. The lowest BCUT2D eigenvalue weighted by Gasteiger charge is -2.13. The number of hydrogen-bond acceptors (Lipinski definition) is 4. The fourth-order valence-corrected chi connectivity index (χ4v) is 1.95. The molecule has 0 spiro atoms. The van der Waals surface area contributed by atoms with Gasteiger partial charge in [0, 0.05) is 6.54 Å². The molecule has 0 aliphatic carbocycles. The Bertz CT molecular complexity index is 626. The van der Waals surface area contributed by atoms with Gasteiger partial charge in [0.1, 0.15) is 5.75 Å². The van der Waals surface area contributed by atoms with Crippen LogP contribution < -0.4 is 21.5 Å². The van der Waals surface area contributed by atoms with Crippen molar-refractivity contribution in [2.24, 2.45) is 5.73 Å². The Morgan fingerprint density at radius 2 is 2.00 bits per heavy atom. The molecule has 5 heteroatoms. The molecule has 0 unspecified atom stereocenters. The van der Waals surface area contributed by atoms with Gasteiger partial charge < -0.3 is 21.5 Å². The number of carbonyl (C=O) groups excluding carboxylic acids is 1. The van der Waals surface area contributed by atoms with Crippen molar-refractivity contribution in [3.8, 4) is 5.75 Å². The second kappa shape index (κ2) is 5.97. The zero-order valence-corrected chi connectivity index (χ0v) is 11.2. The first-order chi connectivity index (χ1) is 9.61. The van der Waals surface area contributed by atoms with Crippen molar-refractivity contribution in [2.45, 2.75) is 6.54 Å². The van der Waals surface area contributed by atoms with Crippen LogP contribution in [0, 0.1) is 0 Å². The van der Waals surface area contributed by atoms with Crippen molar-refractivity contribution >= 4 is 17.3 Å². The van der Waals surface area contributed by atoms with Crippen LogP contribution in [-0.4, -0.2) is 13.0 Å². The quantitative estimate of drug-likeness (QED) is 0.725. The van der Waals surface area contributed by atoms with E-state index < -0.39 is 5.91 Å². The Morgan fingerprint density at radius 3 is 2.70 bits per heavy atom. The molecule has 1 amide bonds. The monoisotopic (exact) mass is 271 g/mol. The van der Waals surface area contributed by atoms with Gasteiger partial charge in [-0.05, 0) is 29.8 Å². The zero-order chi connectivity index (χ0) is 14.5. The molecule has 2 aromatic rings. The van der Waals surface area contributed by atoms with Crippen LogP contribution in [0.4, 0.5) is 11.4 Å². The lowest BCUT2D eigenvalue weighted by atomic mass is 10.1. The summed E-state index contributed by atoms with van der Waals surface area (Å²) in [7, 11) is 1.62. The van der Waals surface area contributed by atoms with Gasteiger partial charge in [0.05, 0.1) is 24.0 Å². The first-order valence-electron chi connectivity index (χ1n) is 6.17. The van der Waals surface area contributed by atoms with Crippen LogP contribution >= 0.6 is 0 Å². The van der Waals surface area contributed by atoms with E-state index in [0.29, 0.717) is 23.5 Å². The number of primary amides is 1. The number of anilines is 2. The summed E-state index contributed by atoms with van der Waals surface area (Å²) in [6.07, 6.45) is 0. The fourth-order valence-electron chi connectivity index (χ4n) is 1.95. The maximum atomic E-state index is 11.4. The molecular formula is C15H17N3O2. The molecule has 0 atom stereocenters. The lowest BCUT2D eigenvalue weighted by molar-refractivity contribution is 0.100. The maximum absolute atomic E-state index is 11.4. The number of para-hydroxylation sites is 1. The smallest absolute Gasteiger partial charge is 0.250 e. The summed E-state index contributed by atoms with van der Waals surface area (Å²) in [6.45, 7) is 0.520. The highest BCUT2D eigenvalue weighted by Crippen LogP contribution is 2.24. The number of carbonyl (C=O) groups is 1. The molecule has 0 fully saturated rings. The Morgan fingerprint density at radius 1 is 1.25 bits per heavy atom. The van der Waals surface area contributed by atoms with Gasteiger partial charge in [0.15, 0.2) is 0 Å². The summed E-state index contributed by atoms with van der Waals surface area (Å²) in [5.41, 5.74) is 13.7. The molecule has 5 nitrogen and oxygen atoms in total. The van der Waals surface area contributed by atoms with Crippen LogP contribution in [-0.2, 0) is 6.54 Å². The summed E-state index contributed by atoms with van der Waals surface area (Å²) in [4.78, 5) is 11.4. The predicted octanol–water partition coefficient (Wildman–Crippen LogP) is 1.99. The molecular weight excluding hydrogens is 254 g/mol. The van der Waals surface area contributed by atoms with Gasteiger partial charge in [-0.3, -0.25) is 4.79 Å². The van der Waals surface area contributed by atoms with E-state index in [9.17, 15) is 4.79 Å². The van der Waals surface area contributed by atoms with E-state index >= 15 is 0 Å². The van der Waals surface area contributed by atoms with Crippen LogP contribution in [0.3, 0.4) is 0 Å². The molecule has 2 aromatic carbocycles. The van der Waals surface area contributed by atoms with Gasteiger partial charge in [0.25, 0.3) is 5.91 Å². The number of hydrogen-bond donors (Lipinski definition) is 3. The van der Waals surface area contributed by atoms with E-state index in [1.165, 1.54) is 0 Å². The van der Waals surface area contributed by atoms with Crippen molar-refractivity contribution in [2.75, 3.05) is 18.2 Å². The van der Waals surface area contributed by atoms with E-state index in [2.05, 4.69) is 5.32 Å². The predicted molar refractivity (Wildman–Crippen MR) is 79.7 cm³/mol. The van der Waals surface area contributed by atoms with Crippen molar-refractivity contribution in [3.63, 3.8) is 0 Å². The molecule has 5 N–H and O–H groups in total. The molecule has 0 aromatic heterocycles. The van der Waals surface area contributed by atoms with E-state index in [4.69, 9.17) is 16.2 Å². The van der Waals surface area contributed by atoms with Gasteiger partial charge >= 0.3 is 0 Å². The SMILES string of the molecule is COc1cccc(CNc2c(N)cccc2C(N)=O)c1. The third-order valence-corrected chi connectivity index (χ3v) is 2.97. The number of nitrogens with two attached hydrogens (primary N) is 2. The van der Waals surface area contributed by atoms with Gasteiger partial charge in [-0.15, -0.1) is 0 Å². The highest BCUT2D eigenvalue weighted by molar-refractivity contribution is 6.01. The second-order valence-electron chi connectivity index (χ2n) is 4.34. The average molecular weight is 271 g/mol. The van der Waals surface area contributed by atoms with Crippen LogP contribution in [0.1, 0.15) is 15.9 Å². The number of nitrogens with one attached hydrogen (secondary N) is 1. The van der Waals surface area contributed by atoms with E-state index in [-0.39, 0.29) is 0 Å². The van der Waals surface area contributed by atoms with E-state index in [1.807, 2.05) is 24.3 Å². The van der Waals surface area contributed by atoms with E-state index in [0.717, 1.165) is 11.3 Å². The minimum absolute atomic E-state index is 0.382. The lowest BCUT2D eigenvalue weighted by Crippen LogP contribution is -2.15. The summed E-state index contributed by atoms with van der Waals surface area (Å²) < 4.78 is 5.17. The summed E-state index contributed by atoms with van der Waals surface area (Å²) in [5.74, 6) is 0.269. The molecule has 0 heterocycles. The molecule has 20 heavy (non-hydrogen) atoms. The molecule has 104 valence electrons. The topological polar surface area (TPSA) is 90.4 Å². The summed E-state index contributed by atoms with van der Waals surface area (Å²) in [5, 5.41) is 3.15. The molecule has 2 rings (SSSR count). The average Bonchev–Trinajstić information content (AvgIpc) is 2.45. The summed E-state index contributed by atoms with van der Waals surface area (Å²) >= 11 is 0. The van der Waals surface area contributed by atoms with E-state index in [1.54, 1.807) is 25.3 Å². The van der Waals surface area contributed by atoms with Crippen molar-refractivity contribution in [1.82, 2.24) is 0 Å². The fraction of sp³-hybridized carbons (Fsp3) is 0.133. The highest BCUT2D eigenvalue weighted by atomic mass is 16.5. The third kappa shape index (κ3) is 3.00. The van der Waals surface area contributed by atoms with Crippen molar-refractivity contribution in [3.05, 3.63) is 53.6 Å². The Kier molecular flexibility index (Phi) is 4.10. The number of amides is 1. The minimum Gasteiger partial charge on any atom is -0.497 e. The number of benzene rings is 2. The maximum Gasteiger partial charge on any atom is 0.250 e. The van der Waals surface area contributed by atoms with Gasteiger partial charge in [-0.25, -0.2) is 0 Å². The molecule has 0 saturated heterocycles. The Hall–Kier alpha value is -2.69. The molecule has 0 aliphatic heterocycles. The standard InChI is InChI=1S/C15H17N3O2/c1-20-11-5-2-4-10(8-11)9-18-14-12(15(17)19)6-3-7-13(14)16/h2-8,18H,9,16H2,1H3,(H2,17,19). The third-order valence-electron chi connectivity index (χ3n) is 2.97. The molecule has 0 saturated carbocycles. The Balaban J connectivity index is 2.20. The molecule has 0 aliphatic rings. The minimum atomic E-state index is -0.509. The number of methoxy groups -OCH3 is 1. The Labute approximate surface area is 117 Å². The van der Waals surface area contributed by atoms with Crippen LogP contribution in [0.15, 0.2) is 42.5 Å². The number of ether oxygens (including phenoxy) is 1. The summed E-state index contributed by atoms with van der Waals surface area (Å²) in [6, 6.07) is 12.7.